The lowest BCUT2D eigenvalue weighted by Crippen LogP contribution is -2.52. The van der Waals surface area contributed by atoms with Gasteiger partial charge >= 0.3 is 0 Å². The Hall–Kier alpha value is -0.570. The Morgan fingerprint density at radius 3 is 2.80 bits per heavy atom. The fourth-order valence-corrected chi connectivity index (χ4v) is 4.17. The molecule has 3 rings (SSSR count). The standard InChI is InChI=1S/C16H19Cl2NO/c1-2-16(8-7-11-4-6-14(16)19-11)15(20)10-3-5-12(17)13(18)9-10/h3,5,9,11,14,19H,2,4,6-8H2,1H3/t11-,14+,16+/m0/s1. The minimum atomic E-state index is -0.274. The van der Waals surface area contributed by atoms with Crippen LogP contribution >= 0.6 is 23.2 Å². The minimum absolute atomic E-state index is 0.219. The molecular formula is C16H19Cl2NO. The monoisotopic (exact) mass is 311 g/mol. The van der Waals surface area contributed by atoms with Gasteiger partial charge < -0.3 is 5.32 Å². The van der Waals surface area contributed by atoms with Gasteiger partial charge in [0.15, 0.2) is 5.78 Å². The Labute approximate surface area is 129 Å². The lowest BCUT2D eigenvalue weighted by atomic mass is 9.68. The maximum absolute atomic E-state index is 13.1. The summed E-state index contributed by atoms with van der Waals surface area (Å²) in [4.78, 5) is 13.1. The lowest BCUT2D eigenvalue weighted by Gasteiger charge is -2.41. The van der Waals surface area contributed by atoms with Gasteiger partial charge in [-0.2, -0.15) is 0 Å². The van der Waals surface area contributed by atoms with Crippen molar-refractivity contribution in [3.63, 3.8) is 0 Å². The number of fused-ring (bicyclic) bond motifs is 2. The fraction of sp³-hybridized carbons (Fsp3) is 0.562. The Balaban J connectivity index is 1.96. The molecule has 1 aromatic rings. The van der Waals surface area contributed by atoms with Crippen LogP contribution < -0.4 is 5.32 Å². The second-order valence-electron chi connectivity index (χ2n) is 6.00. The number of nitrogens with one attached hydrogen (secondary N) is 1. The Kier molecular flexibility index (Phi) is 3.83. The van der Waals surface area contributed by atoms with Gasteiger partial charge in [0.1, 0.15) is 0 Å². The quantitative estimate of drug-likeness (QED) is 0.833. The molecule has 4 heteroatoms. The van der Waals surface area contributed by atoms with E-state index in [-0.39, 0.29) is 11.2 Å². The molecule has 2 nitrogen and oxygen atoms in total. The van der Waals surface area contributed by atoms with E-state index in [0.29, 0.717) is 27.7 Å². The molecule has 2 aliphatic heterocycles. The van der Waals surface area contributed by atoms with Gasteiger partial charge in [0.2, 0.25) is 0 Å². The second-order valence-corrected chi connectivity index (χ2v) is 6.81. The first-order valence-electron chi connectivity index (χ1n) is 7.33. The first-order valence-corrected chi connectivity index (χ1v) is 8.08. The van der Waals surface area contributed by atoms with E-state index in [2.05, 4.69) is 12.2 Å². The second kappa shape index (κ2) is 5.32. The molecule has 1 N–H and O–H groups in total. The topological polar surface area (TPSA) is 29.1 Å². The molecule has 2 aliphatic rings. The van der Waals surface area contributed by atoms with Crippen LogP contribution in [0.2, 0.25) is 10.0 Å². The highest BCUT2D eigenvalue weighted by molar-refractivity contribution is 6.42. The van der Waals surface area contributed by atoms with Crippen molar-refractivity contribution in [2.45, 2.75) is 51.1 Å². The van der Waals surface area contributed by atoms with E-state index in [1.165, 1.54) is 6.42 Å². The smallest absolute Gasteiger partial charge is 0.170 e. The fourth-order valence-electron chi connectivity index (χ4n) is 3.87. The molecule has 108 valence electrons. The van der Waals surface area contributed by atoms with Crippen molar-refractivity contribution in [3.05, 3.63) is 33.8 Å². The summed E-state index contributed by atoms with van der Waals surface area (Å²) < 4.78 is 0. The summed E-state index contributed by atoms with van der Waals surface area (Å²) >= 11 is 12.0. The van der Waals surface area contributed by atoms with Crippen LogP contribution in [-0.4, -0.2) is 17.9 Å². The predicted octanol–water partition coefficient (Wildman–Crippen LogP) is 4.49. The zero-order valence-corrected chi connectivity index (χ0v) is 13.1. The third-order valence-corrected chi connectivity index (χ3v) is 5.85. The number of carbonyl (C=O) groups is 1. The summed E-state index contributed by atoms with van der Waals surface area (Å²) in [6, 6.07) is 6.16. The Bertz CT molecular complexity index is 545. The number of piperidine rings is 1. The van der Waals surface area contributed by atoms with Gasteiger partial charge in [-0.25, -0.2) is 0 Å². The third-order valence-electron chi connectivity index (χ3n) is 5.11. The molecule has 0 unspecified atom stereocenters. The number of Topliss-reactive ketones (excluding diaryl/α,β-unsaturated/α-hetero) is 1. The number of carbonyl (C=O) groups excluding carboxylic acids is 1. The SMILES string of the molecule is CC[C@@]1(C(=O)c2ccc(Cl)c(Cl)c2)CC[C@@H]2CC[C@H]1N2. The summed E-state index contributed by atoms with van der Waals surface area (Å²) in [5.74, 6) is 0.219. The van der Waals surface area contributed by atoms with E-state index in [1.54, 1.807) is 18.2 Å². The van der Waals surface area contributed by atoms with Crippen molar-refractivity contribution in [1.82, 2.24) is 5.32 Å². The molecule has 0 aromatic heterocycles. The van der Waals surface area contributed by atoms with Gasteiger partial charge in [-0.15, -0.1) is 0 Å². The van der Waals surface area contributed by atoms with Gasteiger partial charge in [0.25, 0.3) is 0 Å². The Morgan fingerprint density at radius 2 is 2.10 bits per heavy atom. The van der Waals surface area contributed by atoms with Gasteiger partial charge in [-0.1, -0.05) is 30.1 Å². The molecule has 3 atom stereocenters. The van der Waals surface area contributed by atoms with Crippen LogP contribution in [0, 0.1) is 5.41 Å². The zero-order chi connectivity index (χ0) is 14.3. The number of halogens is 2. The van der Waals surface area contributed by atoms with Crippen LogP contribution in [0.1, 0.15) is 49.4 Å². The highest BCUT2D eigenvalue weighted by Crippen LogP contribution is 2.45. The molecule has 0 aliphatic carbocycles. The molecular weight excluding hydrogens is 293 g/mol. The predicted molar refractivity (Wildman–Crippen MR) is 82.7 cm³/mol. The molecule has 2 saturated heterocycles. The van der Waals surface area contributed by atoms with Crippen LogP contribution in [0.15, 0.2) is 18.2 Å². The maximum atomic E-state index is 13.1. The van der Waals surface area contributed by atoms with Crippen molar-refractivity contribution < 1.29 is 4.79 Å². The minimum Gasteiger partial charge on any atom is -0.310 e. The van der Waals surface area contributed by atoms with E-state index in [1.807, 2.05) is 0 Å². The normalized spacial score (nSPS) is 32.4. The lowest BCUT2D eigenvalue weighted by molar-refractivity contribution is 0.0634. The molecule has 20 heavy (non-hydrogen) atoms. The molecule has 2 heterocycles. The maximum Gasteiger partial charge on any atom is 0.170 e. The molecule has 1 aromatic carbocycles. The van der Waals surface area contributed by atoms with Gasteiger partial charge in [0.05, 0.1) is 10.0 Å². The number of rotatable bonds is 3. The average molecular weight is 312 g/mol. The first kappa shape index (κ1) is 14.4. The number of benzene rings is 1. The number of hydrogen-bond donors (Lipinski definition) is 1. The van der Waals surface area contributed by atoms with Crippen molar-refractivity contribution >= 4 is 29.0 Å². The summed E-state index contributed by atoms with van der Waals surface area (Å²) in [5, 5.41) is 4.58. The molecule has 2 bridgehead atoms. The summed E-state index contributed by atoms with van der Waals surface area (Å²) in [6.45, 7) is 2.12. The van der Waals surface area contributed by atoms with E-state index in [0.717, 1.165) is 25.7 Å². The zero-order valence-electron chi connectivity index (χ0n) is 11.6. The van der Waals surface area contributed by atoms with Crippen LogP contribution in [0.5, 0.6) is 0 Å². The number of hydrogen-bond acceptors (Lipinski definition) is 2. The van der Waals surface area contributed by atoms with Gasteiger partial charge in [0, 0.05) is 23.1 Å². The first-order chi connectivity index (χ1) is 9.56. The van der Waals surface area contributed by atoms with Crippen LogP contribution in [0.4, 0.5) is 0 Å². The van der Waals surface area contributed by atoms with Crippen molar-refractivity contribution in [2.24, 2.45) is 5.41 Å². The summed E-state index contributed by atoms with van der Waals surface area (Å²) in [7, 11) is 0. The van der Waals surface area contributed by atoms with Crippen molar-refractivity contribution in [2.75, 3.05) is 0 Å². The van der Waals surface area contributed by atoms with Crippen LogP contribution in [-0.2, 0) is 0 Å². The van der Waals surface area contributed by atoms with Gasteiger partial charge in [-0.05, 0) is 50.3 Å². The summed E-state index contributed by atoms with van der Waals surface area (Å²) in [6.07, 6.45) is 5.24. The summed E-state index contributed by atoms with van der Waals surface area (Å²) in [5.41, 5.74) is 0.415. The molecule has 2 fully saturated rings. The van der Waals surface area contributed by atoms with Gasteiger partial charge in [-0.3, -0.25) is 4.79 Å². The average Bonchev–Trinajstić information content (AvgIpc) is 2.86. The third kappa shape index (κ3) is 2.18. The van der Waals surface area contributed by atoms with E-state index >= 15 is 0 Å². The van der Waals surface area contributed by atoms with Crippen LogP contribution in [0.3, 0.4) is 0 Å². The highest BCUT2D eigenvalue weighted by atomic mass is 35.5. The van der Waals surface area contributed by atoms with Crippen molar-refractivity contribution in [1.29, 1.82) is 0 Å². The van der Waals surface area contributed by atoms with Crippen molar-refractivity contribution in [3.8, 4) is 0 Å². The molecule has 0 spiro atoms. The highest BCUT2D eigenvalue weighted by Gasteiger charge is 2.50. The molecule has 0 saturated carbocycles. The molecule has 0 radical (unpaired) electrons. The van der Waals surface area contributed by atoms with E-state index in [4.69, 9.17) is 23.2 Å². The number of ketones is 1. The van der Waals surface area contributed by atoms with Crippen LogP contribution in [0.25, 0.3) is 0 Å². The largest absolute Gasteiger partial charge is 0.310 e. The van der Waals surface area contributed by atoms with E-state index < -0.39 is 0 Å². The van der Waals surface area contributed by atoms with E-state index in [9.17, 15) is 4.79 Å². The Morgan fingerprint density at radius 1 is 1.30 bits per heavy atom. The molecule has 0 amide bonds.